The summed E-state index contributed by atoms with van der Waals surface area (Å²) in [5, 5.41) is 13.8. The summed E-state index contributed by atoms with van der Waals surface area (Å²) in [6, 6.07) is 0. The number of rotatable bonds is 4. The van der Waals surface area contributed by atoms with Gasteiger partial charge in [0.05, 0.1) is 6.54 Å². The summed E-state index contributed by atoms with van der Waals surface area (Å²) >= 11 is 1.70. The maximum atomic E-state index is 4.28. The van der Waals surface area contributed by atoms with Crippen molar-refractivity contribution in [2.24, 2.45) is 5.41 Å². The minimum Gasteiger partial charge on any atom is -0.360 e. The number of nitrogens with one attached hydrogen (secondary N) is 1. The highest BCUT2D eigenvalue weighted by molar-refractivity contribution is 7.15. The lowest BCUT2D eigenvalue weighted by Crippen LogP contribution is -2.38. The molecule has 19 heavy (non-hydrogen) atoms. The SMILES string of the molecule is CCNc1nnc(CN2CCC3(CCCC3)CC2)s1. The van der Waals surface area contributed by atoms with E-state index in [9.17, 15) is 0 Å². The molecule has 1 N–H and O–H groups in total. The van der Waals surface area contributed by atoms with E-state index < -0.39 is 0 Å². The lowest BCUT2D eigenvalue weighted by molar-refractivity contribution is 0.103. The molecule has 2 fully saturated rings. The highest BCUT2D eigenvalue weighted by Gasteiger charge is 2.36. The molecule has 1 aliphatic heterocycles. The van der Waals surface area contributed by atoms with Gasteiger partial charge in [0, 0.05) is 6.54 Å². The molecule has 0 radical (unpaired) electrons. The van der Waals surface area contributed by atoms with E-state index in [2.05, 4.69) is 27.3 Å². The summed E-state index contributed by atoms with van der Waals surface area (Å²) in [6.07, 6.45) is 8.66. The second kappa shape index (κ2) is 5.75. The molecular weight excluding hydrogens is 256 g/mol. The molecule has 1 aromatic heterocycles. The molecule has 0 bridgehead atoms. The van der Waals surface area contributed by atoms with Crippen LogP contribution in [0.2, 0.25) is 0 Å². The molecule has 4 nitrogen and oxygen atoms in total. The number of hydrogen-bond acceptors (Lipinski definition) is 5. The van der Waals surface area contributed by atoms with E-state index in [1.54, 1.807) is 11.3 Å². The first-order valence-electron chi connectivity index (χ1n) is 7.58. The molecule has 2 heterocycles. The van der Waals surface area contributed by atoms with Crippen LogP contribution in [0.1, 0.15) is 50.5 Å². The molecule has 0 unspecified atom stereocenters. The van der Waals surface area contributed by atoms with Gasteiger partial charge in [-0.05, 0) is 51.1 Å². The van der Waals surface area contributed by atoms with Gasteiger partial charge < -0.3 is 5.32 Å². The third kappa shape index (κ3) is 3.08. The second-order valence-electron chi connectivity index (χ2n) is 6.01. The van der Waals surface area contributed by atoms with Crippen molar-refractivity contribution in [1.82, 2.24) is 15.1 Å². The Balaban J connectivity index is 1.51. The van der Waals surface area contributed by atoms with Crippen molar-refractivity contribution in [3.05, 3.63) is 5.01 Å². The Labute approximate surface area is 119 Å². The summed E-state index contributed by atoms with van der Waals surface area (Å²) in [4.78, 5) is 2.56. The van der Waals surface area contributed by atoms with Gasteiger partial charge in [-0.25, -0.2) is 0 Å². The van der Waals surface area contributed by atoms with E-state index in [4.69, 9.17) is 0 Å². The second-order valence-corrected chi connectivity index (χ2v) is 7.08. The largest absolute Gasteiger partial charge is 0.360 e. The third-order valence-corrected chi connectivity index (χ3v) is 5.60. The van der Waals surface area contributed by atoms with Crippen molar-refractivity contribution in [2.75, 3.05) is 25.0 Å². The van der Waals surface area contributed by atoms with Crippen LogP contribution in [-0.2, 0) is 6.54 Å². The van der Waals surface area contributed by atoms with Gasteiger partial charge in [-0.2, -0.15) is 0 Å². The zero-order valence-electron chi connectivity index (χ0n) is 11.8. The van der Waals surface area contributed by atoms with Crippen LogP contribution in [0.15, 0.2) is 0 Å². The molecule has 1 saturated carbocycles. The average Bonchev–Trinajstić information content (AvgIpc) is 3.04. The molecule has 2 aliphatic rings. The Bertz CT molecular complexity index is 401. The Morgan fingerprint density at radius 2 is 1.89 bits per heavy atom. The molecule has 1 saturated heterocycles. The first kappa shape index (κ1) is 13.3. The van der Waals surface area contributed by atoms with Crippen LogP contribution in [0.4, 0.5) is 5.13 Å². The number of piperidine rings is 1. The fourth-order valence-electron chi connectivity index (χ4n) is 3.54. The molecule has 5 heteroatoms. The first-order valence-corrected chi connectivity index (χ1v) is 8.40. The van der Waals surface area contributed by atoms with Crippen molar-refractivity contribution in [1.29, 1.82) is 0 Å². The minimum atomic E-state index is 0.715. The van der Waals surface area contributed by atoms with E-state index >= 15 is 0 Å². The monoisotopic (exact) mass is 280 g/mol. The number of anilines is 1. The minimum absolute atomic E-state index is 0.715. The van der Waals surface area contributed by atoms with Crippen LogP contribution >= 0.6 is 11.3 Å². The molecule has 0 aromatic carbocycles. The quantitative estimate of drug-likeness (QED) is 0.920. The smallest absolute Gasteiger partial charge is 0.205 e. The van der Waals surface area contributed by atoms with Gasteiger partial charge in [0.15, 0.2) is 0 Å². The van der Waals surface area contributed by atoms with E-state index in [-0.39, 0.29) is 0 Å². The maximum absolute atomic E-state index is 4.28. The average molecular weight is 280 g/mol. The lowest BCUT2D eigenvalue weighted by Gasteiger charge is -2.39. The predicted octanol–water partition coefficient (Wildman–Crippen LogP) is 3.13. The van der Waals surface area contributed by atoms with Gasteiger partial charge in [-0.3, -0.25) is 4.90 Å². The van der Waals surface area contributed by atoms with Gasteiger partial charge in [0.25, 0.3) is 0 Å². The Kier molecular flexibility index (Phi) is 4.03. The zero-order valence-corrected chi connectivity index (χ0v) is 12.6. The van der Waals surface area contributed by atoms with Gasteiger partial charge in [-0.1, -0.05) is 24.2 Å². The van der Waals surface area contributed by atoms with Crippen LogP contribution in [0.25, 0.3) is 0 Å². The lowest BCUT2D eigenvalue weighted by atomic mass is 9.77. The molecule has 1 aromatic rings. The fourth-order valence-corrected chi connectivity index (χ4v) is 4.39. The van der Waals surface area contributed by atoms with Gasteiger partial charge >= 0.3 is 0 Å². The normalized spacial score (nSPS) is 23.0. The van der Waals surface area contributed by atoms with Crippen LogP contribution < -0.4 is 5.32 Å². The zero-order chi connectivity index (χ0) is 13.1. The Morgan fingerprint density at radius 1 is 1.16 bits per heavy atom. The van der Waals surface area contributed by atoms with Crippen LogP contribution in [-0.4, -0.2) is 34.7 Å². The summed E-state index contributed by atoms with van der Waals surface area (Å²) in [6.45, 7) is 6.49. The molecular formula is C14H24N4S. The van der Waals surface area contributed by atoms with E-state index in [1.807, 2.05) is 0 Å². The van der Waals surface area contributed by atoms with E-state index in [0.717, 1.165) is 23.2 Å². The molecule has 0 amide bonds. The summed E-state index contributed by atoms with van der Waals surface area (Å²) in [5.74, 6) is 0. The number of nitrogens with zero attached hydrogens (tertiary/aromatic N) is 3. The van der Waals surface area contributed by atoms with Crippen molar-refractivity contribution in [3.8, 4) is 0 Å². The summed E-state index contributed by atoms with van der Waals surface area (Å²) < 4.78 is 0. The van der Waals surface area contributed by atoms with Crippen molar-refractivity contribution >= 4 is 16.5 Å². The number of aromatic nitrogens is 2. The summed E-state index contributed by atoms with van der Waals surface area (Å²) in [7, 11) is 0. The third-order valence-electron chi connectivity index (χ3n) is 4.73. The molecule has 0 atom stereocenters. The number of hydrogen-bond donors (Lipinski definition) is 1. The molecule has 3 rings (SSSR count). The van der Waals surface area contributed by atoms with E-state index in [0.29, 0.717) is 5.41 Å². The van der Waals surface area contributed by atoms with Gasteiger partial charge in [0.2, 0.25) is 5.13 Å². The van der Waals surface area contributed by atoms with Crippen LogP contribution in [0.3, 0.4) is 0 Å². The van der Waals surface area contributed by atoms with Crippen molar-refractivity contribution in [2.45, 2.75) is 52.0 Å². The highest BCUT2D eigenvalue weighted by Crippen LogP contribution is 2.46. The van der Waals surface area contributed by atoms with Gasteiger partial charge in [-0.15, -0.1) is 10.2 Å². The van der Waals surface area contributed by atoms with Crippen molar-refractivity contribution < 1.29 is 0 Å². The van der Waals surface area contributed by atoms with Crippen LogP contribution in [0, 0.1) is 5.41 Å². The van der Waals surface area contributed by atoms with Gasteiger partial charge in [0.1, 0.15) is 5.01 Å². The Morgan fingerprint density at radius 3 is 2.58 bits per heavy atom. The van der Waals surface area contributed by atoms with Crippen molar-refractivity contribution in [3.63, 3.8) is 0 Å². The van der Waals surface area contributed by atoms with E-state index in [1.165, 1.54) is 51.6 Å². The molecule has 106 valence electrons. The maximum Gasteiger partial charge on any atom is 0.205 e. The van der Waals surface area contributed by atoms with Crippen LogP contribution in [0.5, 0.6) is 0 Å². The highest BCUT2D eigenvalue weighted by atomic mass is 32.1. The number of likely N-dealkylation sites (tertiary alicyclic amines) is 1. The first-order chi connectivity index (χ1) is 9.30. The molecule has 1 aliphatic carbocycles. The molecule has 1 spiro atoms. The fraction of sp³-hybridized carbons (Fsp3) is 0.857. The Hall–Kier alpha value is -0.680. The summed E-state index contributed by atoms with van der Waals surface area (Å²) in [5.41, 5.74) is 0.715. The predicted molar refractivity (Wildman–Crippen MR) is 79.5 cm³/mol. The topological polar surface area (TPSA) is 41.1 Å². The standard InChI is InChI=1S/C14H24N4S/c1-2-15-13-17-16-12(19-13)11-18-9-7-14(8-10-18)5-3-4-6-14/h2-11H2,1H3,(H,15,17).